The van der Waals surface area contributed by atoms with Crippen LogP contribution in [0, 0.1) is 18.8 Å². The van der Waals surface area contributed by atoms with Crippen molar-refractivity contribution in [2.45, 2.75) is 57.0 Å². The van der Waals surface area contributed by atoms with E-state index in [1.807, 2.05) is 11.0 Å². The minimum atomic E-state index is -3.83. The third-order valence-electron chi connectivity index (χ3n) is 7.85. The Morgan fingerprint density at radius 2 is 1.81 bits per heavy atom. The van der Waals surface area contributed by atoms with Crippen molar-refractivity contribution in [3.8, 4) is 5.75 Å². The predicted octanol–water partition coefficient (Wildman–Crippen LogP) is 3.60. The molecule has 2 saturated heterocycles. The third kappa shape index (κ3) is 5.38. The van der Waals surface area contributed by atoms with Gasteiger partial charge in [-0.15, -0.1) is 0 Å². The second-order valence-corrected chi connectivity index (χ2v) is 12.4. The van der Waals surface area contributed by atoms with E-state index in [9.17, 15) is 18.0 Å². The maximum Gasteiger partial charge on any atom is 0.265 e. The highest BCUT2D eigenvalue weighted by atomic mass is 32.2. The van der Waals surface area contributed by atoms with Gasteiger partial charge in [-0.2, -0.15) is 4.31 Å². The number of nitrogens with one attached hydrogen (secondary N) is 1. The van der Waals surface area contributed by atoms with E-state index in [4.69, 9.17) is 4.74 Å². The molecular weight excluding hydrogens is 490 g/mol. The van der Waals surface area contributed by atoms with Crippen molar-refractivity contribution in [2.75, 3.05) is 31.5 Å². The summed E-state index contributed by atoms with van der Waals surface area (Å²) in [5, 5.41) is 2.76. The van der Waals surface area contributed by atoms with Crippen molar-refractivity contribution < 1.29 is 22.7 Å². The van der Waals surface area contributed by atoms with E-state index in [0.717, 1.165) is 32.4 Å². The molecule has 37 heavy (non-hydrogen) atoms. The Bertz CT molecular complexity index is 1270. The fourth-order valence-electron chi connectivity index (χ4n) is 5.69. The molecule has 0 saturated carbocycles. The number of hydrogen-bond acceptors (Lipinski definition) is 5. The topological polar surface area (TPSA) is 96.0 Å². The number of carbonyl (C=O) groups is 2. The van der Waals surface area contributed by atoms with Crippen molar-refractivity contribution >= 4 is 27.5 Å². The number of amides is 2. The summed E-state index contributed by atoms with van der Waals surface area (Å²) < 4.78 is 34.4. The minimum Gasteiger partial charge on any atom is -0.479 e. The van der Waals surface area contributed by atoms with Gasteiger partial charge < -0.3 is 15.0 Å². The van der Waals surface area contributed by atoms with E-state index in [2.05, 4.69) is 29.6 Å². The molecule has 2 aromatic rings. The van der Waals surface area contributed by atoms with Crippen molar-refractivity contribution in [3.63, 3.8) is 0 Å². The summed E-state index contributed by atoms with van der Waals surface area (Å²) in [5.74, 6) is 0.391. The van der Waals surface area contributed by atoms with Gasteiger partial charge in [0.15, 0.2) is 6.10 Å². The molecule has 2 amide bonds. The van der Waals surface area contributed by atoms with Gasteiger partial charge in [-0.25, -0.2) is 8.42 Å². The number of nitrogens with zero attached hydrogens (tertiary/aromatic N) is 2. The van der Waals surface area contributed by atoms with E-state index < -0.39 is 16.1 Å². The van der Waals surface area contributed by atoms with Crippen LogP contribution >= 0.6 is 0 Å². The summed E-state index contributed by atoms with van der Waals surface area (Å²) in [4.78, 5) is 27.4. The molecule has 3 aliphatic rings. The Balaban J connectivity index is 1.24. The first-order chi connectivity index (χ1) is 17.7. The molecule has 2 atom stereocenters. The predicted molar refractivity (Wildman–Crippen MR) is 141 cm³/mol. The highest BCUT2D eigenvalue weighted by Crippen LogP contribution is 2.36. The zero-order valence-corrected chi connectivity index (χ0v) is 22.3. The SMILES string of the molecule is Cc1cc2c(cc1S(=O)(=O)N1CCC[C@H](C(=O)N3CCC(Cc4ccccc4)CC3)C1)O[C@H](C)C(=O)N2. The van der Waals surface area contributed by atoms with Crippen molar-refractivity contribution in [3.05, 3.63) is 53.6 Å². The van der Waals surface area contributed by atoms with Gasteiger partial charge in [0.1, 0.15) is 5.75 Å². The van der Waals surface area contributed by atoms with Crippen molar-refractivity contribution in [2.24, 2.45) is 11.8 Å². The fourth-order valence-corrected chi connectivity index (χ4v) is 7.43. The van der Waals surface area contributed by atoms with Crippen molar-refractivity contribution in [1.29, 1.82) is 0 Å². The van der Waals surface area contributed by atoms with Crippen LogP contribution in [0.2, 0.25) is 0 Å². The first kappa shape index (κ1) is 25.7. The number of likely N-dealkylation sites (tertiary alicyclic amines) is 1. The summed E-state index contributed by atoms with van der Waals surface area (Å²) >= 11 is 0. The molecule has 3 heterocycles. The Labute approximate surface area is 219 Å². The van der Waals surface area contributed by atoms with Crippen LogP contribution in [0.15, 0.2) is 47.4 Å². The Hall–Kier alpha value is -2.91. The zero-order chi connectivity index (χ0) is 26.2. The van der Waals surface area contributed by atoms with Crippen LogP contribution in [-0.2, 0) is 26.0 Å². The summed E-state index contributed by atoms with van der Waals surface area (Å²) in [6.07, 6.45) is 3.62. The first-order valence-corrected chi connectivity index (χ1v) is 14.6. The number of rotatable bonds is 5. The summed E-state index contributed by atoms with van der Waals surface area (Å²) in [7, 11) is -3.83. The summed E-state index contributed by atoms with van der Waals surface area (Å²) in [5.41, 5.74) is 2.34. The lowest BCUT2D eigenvalue weighted by Crippen LogP contribution is -2.48. The fraction of sp³-hybridized carbons (Fsp3) is 0.500. The summed E-state index contributed by atoms with van der Waals surface area (Å²) in [6, 6.07) is 13.6. The average molecular weight is 526 g/mol. The molecule has 5 rings (SSSR count). The number of aryl methyl sites for hydroxylation is 1. The van der Waals surface area contributed by atoms with Crippen LogP contribution in [0.5, 0.6) is 5.75 Å². The van der Waals surface area contributed by atoms with Gasteiger partial charge in [0.05, 0.1) is 16.5 Å². The lowest BCUT2D eigenvalue weighted by molar-refractivity contribution is -0.138. The van der Waals surface area contributed by atoms with Crippen LogP contribution in [-0.4, -0.2) is 61.7 Å². The molecule has 1 N–H and O–H groups in total. The maximum atomic E-state index is 13.7. The van der Waals surface area contributed by atoms with E-state index >= 15 is 0 Å². The normalized spacial score (nSPS) is 23.2. The highest BCUT2D eigenvalue weighted by Gasteiger charge is 2.37. The van der Waals surface area contributed by atoms with Crippen LogP contribution in [0.1, 0.15) is 43.7 Å². The second kappa shape index (κ2) is 10.5. The van der Waals surface area contributed by atoms with Gasteiger partial charge in [0.2, 0.25) is 15.9 Å². The molecule has 8 nitrogen and oxygen atoms in total. The number of fused-ring (bicyclic) bond motifs is 1. The number of ether oxygens (including phenoxy) is 1. The number of piperidine rings is 2. The van der Waals surface area contributed by atoms with E-state index in [1.54, 1.807) is 19.9 Å². The van der Waals surface area contributed by atoms with Gasteiger partial charge >= 0.3 is 0 Å². The van der Waals surface area contributed by atoms with Crippen LogP contribution < -0.4 is 10.1 Å². The monoisotopic (exact) mass is 525 g/mol. The Morgan fingerprint density at radius 1 is 1.08 bits per heavy atom. The van der Waals surface area contributed by atoms with E-state index in [-0.39, 0.29) is 29.2 Å². The molecule has 0 aliphatic carbocycles. The zero-order valence-electron chi connectivity index (χ0n) is 21.5. The molecule has 198 valence electrons. The van der Waals surface area contributed by atoms with Gasteiger partial charge in [-0.05, 0) is 69.1 Å². The molecule has 2 aromatic carbocycles. The maximum absolute atomic E-state index is 13.7. The van der Waals surface area contributed by atoms with Crippen molar-refractivity contribution in [1.82, 2.24) is 9.21 Å². The molecule has 3 aliphatic heterocycles. The summed E-state index contributed by atoms with van der Waals surface area (Å²) in [6.45, 7) is 5.36. The number of hydrogen-bond donors (Lipinski definition) is 1. The number of carbonyl (C=O) groups excluding carboxylic acids is 2. The van der Waals surface area contributed by atoms with Crippen LogP contribution in [0.3, 0.4) is 0 Å². The highest BCUT2D eigenvalue weighted by molar-refractivity contribution is 7.89. The molecule has 0 unspecified atom stereocenters. The van der Waals surface area contributed by atoms with Gasteiger partial charge in [-0.1, -0.05) is 30.3 Å². The molecule has 0 bridgehead atoms. The quantitative estimate of drug-likeness (QED) is 0.644. The number of anilines is 1. The number of sulfonamides is 1. The average Bonchev–Trinajstić information content (AvgIpc) is 2.90. The standard InChI is InChI=1S/C28H35N3O5S/c1-19-15-24-25(36-20(2)27(32)29-24)17-26(19)37(34,35)31-12-6-9-23(18-31)28(33)30-13-10-22(11-14-30)16-21-7-4-3-5-8-21/h3-5,7-8,15,17,20,22-23H,6,9-14,16,18H2,1-2H3,(H,29,32)/t20-,23+/m1/s1. The van der Waals surface area contributed by atoms with Crippen LogP contribution in [0.4, 0.5) is 5.69 Å². The minimum absolute atomic E-state index is 0.0695. The Kier molecular flexibility index (Phi) is 7.27. The van der Waals surface area contributed by atoms with Gasteiger partial charge in [-0.3, -0.25) is 9.59 Å². The molecule has 9 heteroatoms. The third-order valence-corrected chi connectivity index (χ3v) is 9.86. The molecule has 0 radical (unpaired) electrons. The molecule has 0 aromatic heterocycles. The van der Waals surface area contributed by atoms with E-state index in [1.165, 1.54) is 15.9 Å². The molecule has 0 spiro atoms. The second-order valence-electron chi connectivity index (χ2n) is 10.5. The van der Waals surface area contributed by atoms with Gasteiger partial charge in [0.25, 0.3) is 5.91 Å². The lowest BCUT2D eigenvalue weighted by atomic mass is 9.89. The van der Waals surface area contributed by atoms with Gasteiger partial charge in [0, 0.05) is 32.2 Å². The largest absolute Gasteiger partial charge is 0.479 e. The molecular formula is C28H35N3O5S. The smallest absolute Gasteiger partial charge is 0.265 e. The van der Waals surface area contributed by atoms with E-state index in [0.29, 0.717) is 42.3 Å². The number of benzene rings is 2. The Morgan fingerprint density at radius 3 is 2.54 bits per heavy atom. The van der Waals surface area contributed by atoms with Crippen LogP contribution in [0.25, 0.3) is 0 Å². The first-order valence-electron chi connectivity index (χ1n) is 13.2. The molecule has 2 fully saturated rings. The lowest BCUT2D eigenvalue weighted by Gasteiger charge is -2.37.